The van der Waals surface area contributed by atoms with E-state index >= 15 is 0 Å². The molecule has 0 aromatic heterocycles. The minimum Gasteiger partial charge on any atom is -0.358 e. The summed E-state index contributed by atoms with van der Waals surface area (Å²) in [5, 5.41) is 0. The van der Waals surface area contributed by atoms with Crippen molar-refractivity contribution in [2.24, 2.45) is 0 Å². The van der Waals surface area contributed by atoms with Crippen molar-refractivity contribution in [2.75, 3.05) is 20.0 Å². The smallest absolute Gasteiger partial charge is 0.0461 e. The van der Waals surface area contributed by atoms with E-state index in [-0.39, 0.29) is 52.6 Å². The van der Waals surface area contributed by atoms with Crippen molar-refractivity contribution in [3.63, 3.8) is 0 Å². The summed E-state index contributed by atoms with van der Waals surface area (Å²) < 4.78 is 0. The van der Waals surface area contributed by atoms with Crippen molar-refractivity contribution in [2.45, 2.75) is 0 Å². The van der Waals surface area contributed by atoms with E-state index in [0.717, 1.165) is 0 Å². The van der Waals surface area contributed by atoms with E-state index in [4.69, 9.17) is 0 Å². The Balaban J connectivity index is -0.00000000750. The average molecular weight is 319 g/mol. The first kappa shape index (κ1) is 35.2. The van der Waals surface area contributed by atoms with E-state index in [0.29, 0.717) is 0 Å². The summed E-state index contributed by atoms with van der Waals surface area (Å²) in [5.74, 6) is 0. The number of hydrogen-bond donors (Lipinski definition) is 0. The maximum Gasteiger partial charge on any atom is 0.0461 e. The maximum atomic E-state index is 2.27. The monoisotopic (exact) mass is 319 g/mol. The van der Waals surface area contributed by atoms with Crippen molar-refractivity contribution in [3.8, 4) is 0 Å². The van der Waals surface area contributed by atoms with E-state index < -0.39 is 0 Å². The molecule has 0 rings (SSSR count). The summed E-state index contributed by atoms with van der Waals surface area (Å²) in [7, 11) is 0.120. The van der Waals surface area contributed by atoms with Crippen molar-refractivity contribution in [1.82, 2.24) is 0 Å². The van der Waals surface area contributed by atoms with Gasteiger partial charge in [-0.15, -0.1) is 0 Å². The van der Waals surface area contributed by atoms with E-state index in [1.807, 2.05) is 0 Å². The summed E-state index contributed by atoms with van der Waals surface area (Å²) >= 11 is 0. The largest absolute Gasteiger partial charge is 0.358 e. The second-order valence-electron chi connectivity index (χ2n) is 1.50. The standard InChI is InChI=1S/C3H9P.3CH3.Au/c1-4(2)3;;;;/h1-3H3;3*1H3;/q;3*-1;/p+1. The van der Waals surface area contributed by atoms with Crippen LogP contribution < -0.4 is 0 Å². The van der Waals surface area contributed by atoms with Gasteiger partial charge in [0.1, 0.15) is 0 Å². The molecular weight excluding hydrogens is 300 g/mol. The summed E-state index contributed by atoms with van der Waals surface area (Å²) in [4.78, 5) is 0. The fraction of sp³-hybridized carbons (Fsp3) is 0.500. The molecule has 0 bridgehead atoms. The van der Waals surface area contributed by atoms with Gasteiger partial charge in [0, 0.05) is 42.4 Å². The molecule has 0 saturated carbocycles. The second-order valence-corrected chi connectivity index (χ2v) is 4.50. The maximum absolute atomic E-state index is 2.27. The van der Waals surface area contributed by atoms with Gasteiger partial charge in [-0.25, -0.2) is 0 Å². The Bertz CT molecular complexity index is 13.2. The topological polar surface area (TPSA) is 0 Å². The van der Waals surface area contributed by atoms with Crippen molar-refractivity contribution >= 4 is 7.92 Å². The molecule has 0 aromatic rings. The third kappa shape index (κ3) is 199. The van der Waals surface area contributed by atoms with Gasteiger partial charge in [0.15, 0.2) is 0 Å². The van der Waals surface area contributed by atoms with Crippen LogP contribution in [0.5, 0.6) is 0 Å². The number of rotatable bonds is 0. The molecular formula is C6H19AuP-2. The Labute approximate surface area is 72.7 Å². The van der Waals surface area contributed by atoms with Crippen LogP contribution in [0, 0.1) is 22.3 Å². The molecule has 0 aliphatic carbocycles. The van der Waals surface area contributed by atoms with Gasteiger partial charge in [-0.05, 0) is 7.92 Å². The summed E-state index contributed by atoms with van der Waals surface area (Å²) in [6, 6.07) is 0. The van der Waals surface area contributed by atoms with Gasteiger partial charge >= 0.3 is 0 Å². The van der Waals surface area contributed by atoms with Crippen LogP contribution in [0.1, 0.15) is 0 Å². The van der Waals surface area contributed by atoms with Crippen LogP contribution in [-0.2, 0) is 22.4 Å². The van der Waals surface area contributed by atoms with Crippen LogP contribution in [0.25, 0.3) is 0 Å². The van der Waals surface area contributed by atoms with Crippen molar-refractivity contribution in [3.05, 3.63) is 22.3 Å². The minimum atomic E-state index is 0. The fourth-order valence-electron chi connectivity index (χ4n) is 0. The summed E-state index contributed by atoms with van der Waals surface area (Å²) in [6.07, 6.45) is 0. The first-order valence-corrected chi connectivity index (χ1v) is 4.50. The van der Waals surface area contributed by atoms with E-state index in [1.54, 1.807) is 0 Å². The van der Waals surface area contributed by atoms with E-state index in [2.05, 4.69) is 20.0 Å². The molecule has 8 heavy (non-hydrogen) atoms. The zero-order valence-electron chi connectivity index (χ0n) is 6.80. The Hall–Kier alpha value is 1.17. The normalized spacial score (nSPS) is 4.50. The van der Waals surface area contributed by atoms with Crippen LogP contribution in [0.4, 0.5) is 0 Å². The van der Waals surface area contributed by atoms with Gasteiger partial charge in [0.2, 0.25) is 0 Å². The van der Waals surface area contributed by atoms with Crippen LogP contribution in [0.15, 0.2) is 0 Å². The molecule has 0 N–H and O–H groups in total. The Morgan fingerprint density at radius 2 is 0.750 bits per heavy atom. The Morgan fingerprint density at radius 1 is 0.750 bits per heavy atom. The average Bonchev–Trinajstić information content (AvgIpc) is 0.811. The zero-order valence-corrected chi connectivity index (χ0v) is 9.97. The van der Waals surface area contributed by atoms with Crippen LogP contribution in [0.3, 0.4) is 0 Å². The van der Waals surface area contributed by atoms with Crippen LogP contribution >= 0.6 is 7.92 Å². The van der Waals surface area contributed by atoms with Crippen LogP contribution in [0.2, 0.25) is 0 Å². The van der Waals surface area contributed by atoms with Crippen LogP contribution in [-0.4, -0.2) is 20.0 Å². The fourth-order valence-corrected chi connectivity index (χ4v) is 0. The SMILES string of the molecule is C[PH+](C)C.[Au].[CH3-].[CH3-].[CH3-]. The Morgan fingerprint density at radius 3 is 0.750 bits per heavy atom. The second kappa shape index (κ2) is 24.2. The van der Waals surface area contributed by atoms with Gasteiger partial charge in [0.25, 0.3) is 0 Å². The van der Waals surface area contributed by atoms with Gasteiger partial charge in [-0.3, -0.25) is 0 Å². The number of hydrogen-bond acceptors (Lipinski definition) is 0. The van der Waals surface area contributed by atoms with Gasteiger partial charge in [-0.2, -0.15) is 0 Å². The molecule has 0 heterocycles. The summed E-state index contributed by atoms with van der Waals surface area (Å²) in [6.45, 7) is 6.81. The molecule has 2 heteroatoms. The molecule has 0 aliphatic rings. The zero-order chi connectivity index (χ0) is 3.58. The van der Waals surface area contributed by atoms with Crippen molar-refractivity contribution < 1.29 is 22.4 Å². The molecule has 1 radical (unpaired) electrons. The predicted octanol–water partition coefficient (Wildman–Crippen LogP) is 2.44. The third-order valence-electron chi connectivity index (χ3n) is 0. The predicted molar refractivity (Wildman–Crippen MR) is 45.3 cm³/mol. The molecule has 0 saturated heterocycles. The molecule has 61 valence electrons. The van der Waals surface area contributed by atoms with Crippen molar-refractivity contribution in [1.29, 1.82) is 0 Å². The van der Waals surface area contributed by atoms with Gasteiger partial charge < -0.3 is 22.3 Å². The molecule has 0 unspecified atom stereocenters. The molecule has 0 spiro atoms. The van der Waals surface area contributed by atoms with Gasteiger partial charge in [0.05, 0.1) is 0 Å². The molecule has 0 amide bonds. The third-order valence-corrected chi connectivity index (χ3v) is 0. The van der Waals surface area contributed by atoms with Gasteiger partial charge in [-0.1, -0.05) is 0 Å². The molecule has 0 nitrogen and oxygen atoms in total. The first-order chi connectivity index (χ1) is 1.73. The first-order valence-electron chi connectivity index (χ1n) is 1.50. The molecule has 0 fully saturated rings. The molecule has 0 atom stereocenters. The molecule has 0 aliphatic heterocycles. The summed E-state index contributed by atoms with van der Waals surface area (Å²) in [5.41, 5.74) is 0. The minimum absolute atomic E-state index is 0. The quantitative estimate of drug-likeness (QED) is 0.365. The molecule has 0 aromatic carbocycles. The van der Waals surface area contributed by atoms with E-state index in [9.17, 15) is 0 Å². The van der Waals surface area contributed by atoms with E-state index in [1.165, 1.54) is 0 Å². The Kier molecular flexibility index (Phi) is 106.